The Morgan fingerprint density at radius 3 is 2.57 bits per heavy atom. The van der Waals surface area contributed by atoms with Gasteiger partial charge in [-0.2, -0.15) is 0 Å². The van der Waals surface area contributed by atoms with Gasteiger partial charge in [-0.3, -0.25) is 0 Å². The van der Waals surface area contributed by atoms with Gasteiger partial charge in [0.1, 0.15) is 0 Å². The molecular weight excluding hydrogens is 178 g/mol. The molecule has 1 fully saturated rings. The molecular formula is C11H23NO2. The van der Waals surface area contributed by atoms with E-state index in [1.807, 2.05) is 0 Å². The molecule has 1 heterocycles. The summed E-state index contributed by atoms with van der Waals surface area (Å²) in [4.78, 5) is 0. The maximum Gasteiger partial charge on any atom is 0.0940 e. The van der Waals surface area contributed by atoms with Crippen molar-refractivity contribution in [2.75, 3.05) is 19.7 Å². The summed E-state index contributed by atoms with van der Waals surface area (Å²) >= 11 is 0. The van der Waals surface area contributed by atoms with Crippen LogP contribution in [-0.4, -0.2) is 37.0 Å². The summed E-state index contributed by atoms with van der Waals surface area (Å²) in [6, 6.07) is 0. The fourth-order valence-corrected chi connectivity index (χ4v) is 1.50. The highest BCUT2D eigenvalue weighted by atomic mass is 16.6. The Hall–Kier alpha value is -0.120. The number of rotatable bonds is 2. The van der Waals surface area contributed by atoms with E-state index in [0.717, 1.165) is 13.1 Å². The van der Waals surface area contributed by atoms with Gasteiger partial charge < -0.3 is 14.8 Å². The van der Waals surface area contributed by atoms with Crippen molar-refractivity contribution in [1.29, 1.82) is 0 Å². The molecule has 0 bridgehead atoms. The van der Waals surface area contributed by atoms with Crippen LogP contribution < -0.4 is 5.32 Å². The molecule has 0 saturated carbocycles. The summed E-state index contributed by atoms with van der Waals surface area (Å²) in [5, 5.41) is 3.36. The molecule has 84 valence electrons. The summed E-state index contributed by atoms with van der Waals surface area (Å²) in [6.07, 6.45) is 0.179. The van der Waals surface area contributed by atoms with Gasteiger partial charge in [0.2, 0.25) is 0 Å². The van der Waals surface area contributed by atoms with E-state index in [4.69, 9.17) is 9.47 Å². The van der Waals surface area contributed by atoms with Gasteiger partial charge in [-0.25, -0.2) is 0 Å². The Labute approximate surface area is 87.2 Å². The second kappa shape index (κ2) is 4.17. The van der Waals surface area contributed by atoms with Crippen LogP contribution in [0.1, 0.15) is 34.6 Å². The van der Waals surface area contributed by atoms with E-state index in [1.54, 1.807) is 0 Å². The molecule has 0 aromatic rings. The van der Waals surface area contributed by atoms with Crippen molar-refractivity contribution in [3.8, 4) is 0 Å². The molecule has 0 aromatic carbocycles. The highest BCUT2D eigenvalue weighted by molar-refractivity contribution is 4.81. The van der Waals surface area contributed by atoms with Gasteiger partial charge in [-0.15, -0.1) is 0 Å². The lowest BCUT2D eigenvalue weighted by Crippen LogP contribution is -2.52. The lowest BCUT2D eigenvalue weighted by Gasteiger charge is -2.37. The number of morpholine rings is 1. The second-order valence-electron chi connectivity index (χ2n) is 5.55. The SMILES string of the molecule is CC(C)(C)OC[C@@H]1CNCC(C)(C)O1. The molecule has 1 rings (SSSR count). The summed E-state index contributed by atoms with van der Waals surface area (Å²) < 4.78 is 11.6. The first-order valence-electron chi connectivity index (χ1n) is 5.31. The molecule has 14 heavy (non-hydrogen) atoms. The molecule has 0 spiro atoms. The summed E-state index contributed by atoms with van der Waals surface area (Å²) in [5.41, 5.74) is -0.144. The zero-order valence-corrected chi connectivity index (χ0v) is 10.0. The Balaban J connectivity index is 2.32. The molecule has 0 aliphatic carbocycles. The number of ether oxygens (including phenoxy) is 2. The molecule has 0 radical (unpaired) electrons. The topological polar surface area (TPSA) is 30.5 Å². The fourth-order valence-electron chi connectivity index (χ4n) is 1.50. The van der Waals surface area contributed by atoms with E-state index < -0.39 is 0 Å². The van der Waals surface area contributed by atoms with Crippen LogP contribution >= 0.6 is 0 Å². The average molecular weight is 201 g/mol. The fraction of sp³-hybridized carbons (Fsp3) is 1.00. The maximum absolute atomic E-state index is 5.88. The van der Waals surface area contributed by atoms with Crippen LogP contribution in [0.15, 0.2) is 0 Å². The number of hydrogen-bond acceptors (Lipinski definition) is 3. The van der Waals surface area contributed by atoms with E-state index >= 15 is 0 Å². The van der Waals surface area contributed by atoms with Crippen LogP contribution in [0.3, 0.4) is 0 Å². The first kappa shape index (κ1) is 12.0. The third-order valence-corrected chi connectivity index (χ3v) is 2.11. The van der Waals surface area contributed by atoms with Crippen molar-refractivity contribution in [3.63, 3.8) is 0 Å². The quantitative estimate of drug-likeness (QED) is 0.735. The summed E-state index contributed by atoms with van der Waals surface area (Å²) in [6.45, 7) is 12.9. The molecule has 3 heteroatoms. The highest BCUT2D eigenvalue weighted by Gasteiger charge is 2.29. The summed E-state index contributed by atoms with van der Waals surface area (Å²) in [7, 11) is 0. The summed E-state index contributed by atoms with van der Waals surface area (Å²) in [5.74, 6) is 0. The standard InChI is InChI=1S/C11H23NO2/c1-10(2,3)13-7-9-6-12-8-11(4,5)14-9/h9,12H,6-8H2,1-5H3/t9-/m0/s1. The number of hydrogen-bond donors (Lipinski definition) is 1. The van der Waals surface area contributed by atoms with Gasteiger partial charge >= 0.3 is 0 Å². The lowest BCUT2D eigenvalue weighted by atomic mass is 10.1. The smallest absolute Gasteiger partial charge is 0.0940 e. The predicted molar refractivity (Wildman–Crippen MR) is 57.5 cm³/mol. The van der Waals surface area contributed by atoms with E-state index in [9.17, 15) is 0 Å². The Bertz CT molecular complexity index is 184. The second-order valence-corrected chi connectivity index (χ2v) is 5.55. The van der Waals surface area contributed by atoms with E-state index in [0.29, 0.717) is 6.61 Å². The van der Waals surface area contributed by atoms with Crippen LogP contribution in [-0.2, 0) is 9.47 Å². The van der Waals surface area contributed by atoms with Crippen molar-refractivity contribution in [2.45, 2.75) is 51.9 Å². The maximum atomic E-state index is 5.88. The first-order chi connectivity index (χ1) is 6.29. The number of nitrogens with one attached hydrogen (secondary N) is 1. The minimum absolute atomic E-state index is 0.0653. The van der Waals surface area contributed by atoms with Crippen LogP contribution in [0.2, 0.25) is 0 Å². The zero-order valence-electron chi connectivity index (χ0n) is 10.0. The lowest BCUT2D eigenvalue weighted by molar-refractivity contribution is -0.140. The Kier molecular flexibility index (Phi) is 3.56. The Morgan fingerprint density at radius 2 is 2.07 bits per heavy atom. The van der Waals surface area contributed by atoms with Gasteiger partial charge in [0.25, 0.3) is 0 Å². The normalized spacial score (nSPS) is 27.6. The van der Waals surface area contributed by atoms with Crippen LogP contribution in [0, 0.1) is 0 Å². The van der Waals surface area contributed by atoms with Crippen molar-refractivity contribution in [3.05, 3.63) is 0 Å². The molecule has 0 unspecified atom stereocenters. The minimum Gasteiger partial charge on any atom is -0.373 e. The zero-order chi connectivity index (χ0) is 10.8. The van der Waals surface area contributed by atoms with E-state index in [2.05, 4.69) is 39.9 Å². The van der Waals surface area contributed by atoms with Gasteiger partial charge in [-0.1, -0.05) is 0 Å². The molecule has 1 saturated heterocycles. The average Bonchev–Trinajstić information content (AvgIpc) is 1.98. The highest BCUT2D eigenvalue weighted by Crippen LogP contribution is 2.17. The first-order valence-corrected chi connectivity index (χ1v) is 5.31. The molecule has 1 atom stereocenters. The van der Waals surface area contributed by atoms with E-state index in [-0.39, 0.29) is 17.3 Å². The van der Waals surface area contributed by atoms with Crippen LogP contribution in [0.5, 0.6) is 0 Å². The van der Waals surface area contributed by atoms with Crippen molar-refractivity contribution in [1.82, 2.24) is 5.32 Å². The van der Waals surface area contributed by atoms with Gasteiger partial charge in [0, 0.05) is 13.1 Å². The van der Waals surface area contributed by atoms with Crippen LogP contribution in [0.25, 0.3) is 0 Å². The molecule has 3 nitrogen and oxygen atoms in total. The minimum atomic E-state index is -0.0784. The van der Waals surface area contributed by atoms with Crippen LogP contribution in [0.4, 0.5) is 0 Å². The largest absolute Gasteiger partial charge is 0.373 e. The molecule has 0 amide bonds. The van der Waals surface area contributed by atoms with Crippen molar-refractivity contribution in [2.24, 2.45) is 0 Å². The monoisotopic (exact) mass is 201 g/mol. The third-order valence-electron chi connectivity index (χ3n) is 2.11. The van der Waals surface area contributed by atoms with Gasteiger partial charge in [-0.05, 0) is 34.6 Å². The van der Waals surface area contributed by atoms with E-state index in [1.165, 1.54) is 0 Å². The van der Waals surface area contributed by atoms with Crippen molar-refractivity contribution >= 4 is 0 Å². The Morgan fingerprint density at radius 1 is 1.43 bits per heavy atom. The third kappa shape index (κ3) is 4.40. The molecule has 1 aliphatic rings. The van der Waals surface area contributed by atoms with Crippen molar-refractivity contribution < 1.29 is 9.47 Å². The van der Waals surface area contributed by atoms with Gasteiger partial charge in [0.15, 0.2) is 0 Å². The molecule has 1 aliphatic heterocycles. The van der Waals surface area contributed by atoms with Gasteiger partial charge in [0.05, 0.1) is 23.9 Å². The predicted octanol–water partition coefficient (Wildman–Crippen LogP) is 1.57. The molecule has 1 N–H and O–H groups in total. The molecule has 0 aromatic heterocycles.